The first kappa shape index (κ1) is 20.3. The van der Waals surface area contributed by atoms with Crippen LogP contribution in [-0.2, 0) is 9.59 Å². The highest BCUT2D eigenvalue weighted by Gasteiger charge is 2.35. The maximum absolute atomic E-state index is 13.2. The van der Waals surface area contributed by atoms with Gasteiger partial charge in [0.2, 0.25) is 0 Å². The Bertz CT molecular complexity index is 1030. The molecule has 2 amide bonds. The molecule has 0 saturated carbocycles. The van der Waals surface area contributed by atoms with Crippen LogP contribution in [0.25, 0.3) is 6.08 Å². The number of anilines is 2. The molecule has 3 heterocycles. The van der Waals surface area contributed by atoms with Gasteiger partial charge in [0.05, 0.1) is 5.69 Å². The van der Waals surface area contributed by atoms with E-state index in [2.05, 4.69) is 10.2 Å². The van der Waals surface area contributed by atoms with Crippen molar-refractivity contribution < 1.29 is 14.0 Å². The maximum Gasteiger partial charge on any atom is 0.270 e. The Hall–Kier alpha value is -2.93. The van der Waals surface area contributed by atoms with Crippen molar-refractivity contribution in [2.75, 3.05) is 22.9 Å². The molecule has 0 atom stereocenters. The van der Waals surface area contributed by atoms with Gasteiger partial charge in [0.15, 0.2) is 11.0 Å². The second-order valence-corrected chi connectivity index (χ2v) is 8.21. The Morgan fingerprint density at radius 1 is 1.03 bits per heavy atom. The molecule has 4 rings (SSSR count). The van der Waals surface area contributed by atoms with Crippen LogP contribution < -0.4 is 15.1 Å². The second kappa shape index (κ2) is 8.44. The van der Waals surface area contributed by atoms with Crippen LogP contribution in [0.3, 0.4) is 0 Å². The number of carbonyl (C=O) groups excluding carboxylic acids is 2. The molecule has 0 radical (unpaired) electrons. The first-order valence-corrected chi connectivity index (χ1v) is 10.7. The Kier molecular flexibility index (Phi) is 5.72. The Labute approximate surface area is 181 Å². The molecule has 2 aliphatic heterocycles. The van der Waals surface area contributed by atoms with E-state index in [0.717, 1.165) is 42.9 Å². The summed E-state index contributed by atoms with van der Waals surface area (Å²) in [6, 6.07) is 9.48. The van der Waals surface area contributed by atoms with Crippen molar-refractivity contribution in [1.29, 1.82) is 0 Å². The first-order chi connectivity index (χ1) is 14.4. The number of carbonyl (C=O) groups is 2. The second-order valence-electron chi connectivity index (χ2n) is 7.83. The number of aryl methyl sites for hydroxylation is 2. The highest BCUT2D eigenvalue weighted by Crippen LogP contribution is 2.28. The molecule has 0 spiro atoms. The van der Waals surface area contributed by atoms with Gasteiger partial charge in [0.1, 0.15) is 11.3 Å². The summed E-state index contributed by atoms with van der Waals surface area (Å²) in [6.07, 6.45) is 6.24. The van der Waals surface area contributed by atoms with Crippen LogP contribution in [0.15, 0.2) is 40.3 Å². The fourth-order valence-electron chi connectivity index (χ4n) is 3.86. The topological polar surface area (TPSA) is 65.8 Å². The lowest BCUT2D eigenvalue weighted by molar-refractivity contribution is -0.122. The zero-order chi connectivity index (χ0) is 21.3. The van der Waals surface area contributed by atoms with Gasteiger partial charge in [-0.25, -0.2) is 0 Å². The first-order valence-electron chi connectivity index (χ1n) is 10.3. The van der Waals surface area contributed by atoms with E-state index in [1.54, 1.807) is 6.07 Å². The number of furan rings is 1. The predicted molar refractivity (Wildman–Crippen MR) is 122 cm³/mol. The molecule has 30 heavy (non-hydrogen) atoms. The van der Waals surface area contributed by atoms with Crippen molar-refractivity contribution in [1.82, 2.24) is 5.32 Å². The van der Waals surface area contributed by atoms with Crippen LogP contribution in [0.4, 0.5) is 11.6 Å². The summed E-state index contributed by atoms with van der Waals surface area (Å²) in [5.74, 6) is 0.278. The molecule has 7 heteroatoms. The number of hydrogen-bond donors (Lipinski definition) is 1. The summed E-state index contributed by atoms with van der Waals surface area (Å²) in [5, 5.41) is 2.71. The summed E-state index contributed by atoms with van der Waals surface area (Å²) in [6.45, 7) is 5.77. The van der Waals surface area contributed by atoms with Crippen molar-refractivity contribution in [2.24, 2.45) is 0 Å². The van der Waals surface area contributed by atoms with Gasteiger partial charge in [-0.05, 0) is 68.2 Å². The summed E-state index contributed by atoms with van der Waals surface area (Å²) < 4.78 is 5.95. The Morgan fingerprint density at radius 2 is 1.77 bits per heavy atom. The van der Waals surface area contributed by atoms with E-state index in [1.165, 1.54) is 23.8 Å². The molecule has 1 aromatic carbocycles. The van der Waals surface area contributed by atoms with Crippen LogP contribution in [0.2, 0.25) is 0 Å². The molecule has 6 nitrogen and oxygen atoms in total. The summed E-state index contributed by atoms with van der Waals surface area (Å²) in [5.41, 5.74) is 2.57. The lowest BCUT2D eigenvalue weighted by Crippen LogP contribution is -2.54. The average molecular weight is 424 g/mol. The van der Waals surface area contributed by atoms with Crippen LogP contribution in [0.5, 0.6) is 0 Å². The van der Waals surface area contributed by atoms with Crippen molar-refractivity contribution in [3.63, 3.8) is 0 Å². The average Bonchev–Trinajstić information content (AvgIpc) is 3.00. The third-order valence-corrected chi connectivity index (χ3v) is 5.81. The van der Waals surface area contributed by atoms with Crippen molar-refractivity contribution in [2.45, 2.75) is 39.5 Å². The molecule has 1 aromatic heterocycles. The van der Waals surface area contributed by atoms with Crippen LogP contribution in [0.1, 0.15) is 42.6 Å². The minimum Gasteiger partial charge on any atom is -0.441 e. The predicted octanol–water partition coefficient (Wildman–Crippen LogP) is 4.11. The maximum atomic E-state index is 13.2. The van der Waals surface area contributed by atoms with E-state index >= 15 is 0 Å². The molecule has 156 valence electrons. The van der Waals surface area contributed by atoms with Crippen LogP contribution in [-0.4, -0.2) is 30.0 Å². The zero-order valence-corrected chi connectivity index (χ0v) is 18.1. The number of nitrogens with zero attached hydrogens (tertiary/aromatic N) is 2. The lowest BCUT2D eigenvalue weighted by atomic mass is 10.1. The van der Waals surface area contributed by atoms with Crippen molar-refractivity contribution in [3.05, 3.63) is 52.8 Å². The molecular formula is C23H25N3O3S. The minimum absolute atomic E-state index is 0.00118. The van der Waals surface area contributed by atoms with Crippen LogP contribution in [0, 0.1) is 13.8 Å². The third kappa shape index (κ3) is 4.03. The van der Waals surface area contributed by atoms with Crippen molar-refractivity contribution in [3.8, 4) is 0 Å². The van der Waals surface area contributed by atoms with Gasteiger partial charge >= 0.3 is 0 Å². The van der Waals surface area contributed by atoms with Gasteiger partial charge < -0.3 is 9.32 Å². The molecule has 0 aliphatic carbocycles. The molecule has 2 fully saturated rings. The van der Waals surface area contributed by atoms with Gasteiger partial charge in [0, 0.05) is 19.2 Å². The van der Waals surface area contributed by atoms with E-state index in [1.807, 2.05) is 38.1 Å². The highest BCUT2D eigenvalue weighted by atomic mass is 32.1. The quantitative estimate of drug-likeness (QED) is 0.457. The van der Waals surface area contributed by atoms with Gasteiger partial charge in [-0.1, -0.05) is 25.0 Å². The van der Waals surface area contributed by atoms with Crippen molar-refractivity contribution >= 4 is 46.8 Å². The van der Waals surface area contributed by atoms with E-state index in [9.17, 15) is 9.59 Å². The number of amides is 2. The highest BCUT2D eigenvalue weighted by molar-refractivity contribution is 7.80. The molecule has 2 aliphatic rings. The Balaban J connectivity index is 1.64. The van der Waals surface area contributed by atoms with E-state index < -0.39 is 11.8 Å². The number of hydrogen-bond acceptors (Lipinski definition) is 5. The zero-order valence-electron chi connectivity index (χ0n) is 17.2. The summed E-state index contributed by atoms with van der Waals surface area (Å²) >= 11 is 5.30. The lowest BCUT2D eigenvalue weighted by Gasteiger charge is -2.30. The third-order valence-electron chi connectivity index (χ3n) is 5.52. The smallest absolute Gasteiger partial charge is 0.270 e. The van der Waals surface area contributed by atoms with Gasteiger partial charge in [-0.3, -0.25) is 19.8 Å². The SMILES string of the molecule is Cc1ccc(C)c(N2C(=O)/C(=C/c3ccc(N4CCCCCC4)o3)C(=O)NC2=S)c1. The largest absolute Gasteiger partial charge is 0.441 e. The van der Waals surface area contributed by atoms with Gasteiger partial charge in [-0.2, -0.15) is 0 Å². The van der Waals surface area contributed by atoms with Crippen LogP contribution >= 0.6 is 12.2 Å². The molecule has 0 bridgehead atoms. The monoisotopic (exact) mass is 423 g/mol. The number of rotatable bonds is 3. The van der Waals surface area contributed by atoms with E-state index in [-0.39, 0.29) is 10.7 Å². The fourth-order valence-corrected chi connectivity index (χ4v) is 4.13. The standard InChI is InChI=1S/C23H25N3O3S/c1-15-7-8-16(2)19(13-15)26-22(28)18(21(27)24-23(26)30)14-17-9-10-20(29-17)25-11-5-3-4-6-12-25/h7-10,13-14H,3-6,11-12H2,1-2H3,(H,24,27,30)/b18-14+. The fraction of sp³-hybridized carbons (Fsp3) is 0.348. The molecule has 2 saturated heterocycles. The van der Waals surface area contributed by atoms with Gasteiger partial charge in [0.25, 0.3) is 11.8 Å². The Morgan fingerprint density at radius 3 is 2.50 bits per heavy atom. The number of benzene rings is 1. The minimum atomic E-state index is -0.515. The summed E-state index contributed by atoms with van der Waals surface area (Å²) in [4.78, 5) is 29.4. The number of nitrogens with one attached hydrogen (secondary N) is 1. The molecule has 0 unspecified atom stereocenters. The molecule has 2 aromatic rings. The van der Waals surface area contributed by atoms with E-state index in [4.69, 9.17) is 16.6 Å². The number of thiocarbonyl (C=S) groups is 1. The molecule has 1 N–H and O–H groups in total. The van der Waals surface area contributed by atoms with E-state index in [0.29, 0.717) is 11.4 Å². The normalized spacial score (nSPS) is 19.3. The molecular weight excluding hydrogens is 398 g/mol. The summed E-state index contributed by atoms with van der Waals surface area (Å²) in [7, 11) is 0. The van der Waals surface area contributed by atoms with Gasteiger partial charge in [-0.15, -0.1) is 0 Å².